The van der Waals surface area contributed by atoms with Crippen molar-refractivity contribution in [2.45, 2.75) is 69.7 Å². The maximum absolute atomic E-state index is 13.1. The van der Waals surface area contributed by atoms with Crippen LogP contribution in [0, 0.1) is 17.3 Å². The number of hydrogen-bond acceptors (Lipinski definition) is 5. The van der Waals surface area contributed by atoms with Gasteiger partial charge in [-0.25, -0.2) is 12.8 Å². The molecule has 0 aliphatic heterocycles. The number of benzene rings is 1. The third kappa shape index (κ3) is 6.35. The number of carbonyl (C=O) groups excluding carboxylic acids is 1. The molecule has 3 atom stereocenters. The van der Waals surface area contributed by atoms with Gasteiger partial charge in [-0.1, -0.05) is 27.2 Å². The van der Waals surface area contributed by atoms with Gasteiger partial charge in [-0.3, -0.25) is 4.79 Å². The first-order valence-corrected chi connectivity index (χ1v) is 13.4. The summed E-state index contributed by atoms with van der Waals surface area (Å²) in [4.78, 5) is 12.9. The molecule has 0 saturated heterocycles. The first-order chi connectivity index (χ1) is 15.5. The van der Waals surface area contributed by atoms with Crippen molar-refractivity contribution in [2.24, 2.45) is 23.0 Å². The molecule has 33 heavy (non-hydrogen) atoms. The Labute approximate surface area is 197 Å². The van der Waals surface area contributed by atoms with Crippen molar-refractivity contribution in [3.8, 4) is 5.75 Å². The number of sulfone groups is 1. The Balaban J connectivity index is 1.63. The van der Waals surface area contributed by atoms with Gasteiger partial charge < -0.3 is 15.8 Å². The Morgan fingerprint density at radius 2 is 1.94 bits per heavy atom. The van der Waals surface area contributed by atoms with Crippen LogP contribution >= 0.6 is 0 Å². The Hall–Kier alpha value is -1.93. The second-order valence-corrected chi connectivity index (χ2v) is 12.7. The van der Waals surface area contributed by atoms with E-state index in [-0.39, 0.29) is 41.2 Å². The summed E-state index contributed by atoms with van der Waals surface area (Å²) in [5, 5.41) is 3.32. The lowest BCUT2D eigenvalue weighted by atomic mass is 9.63. The zero-order valence-electron chi connectivity index (χ0n) is 19.9. The van der Waals surface area contributed by atoms with Crippen LogP contribution in [0.1, 0.15) is 59.3 Å². The van der Waals surface area contributed by atoms with E-state index >= 15 is 0 Å². The number of ether oxygens (including phenoxy) is 1. The summed E-state index contributed by atoms with van der Waals surface area (Å²) in [7, 11) is -3.45. The van der Waals surface area contributed by atoms with E-state index in [0.717, 1.165) is 38.5 Å². The lowest BCUT2D eigenvalue weighted by molar-refractivity contribution is -0.132. The highest BCUT2D eigenvalue weighted by Gasteiger charge is 2.46. The summed E-state index contributed by atoms with van der Waals surface area (Å²) >= 11 is 0. The van der Waals surface area contributed by atoms with E-state index in [0.29, 0.717) is 23.6 Å². The van der Waals surface area contributed by atoms with Crippen molar-refractivity contribution < 1.29 is 22.3 Å². The average molecular weight is 481 g/mol. The molecule has 0 aromatic heterocycles. The standard InChI is InChI=1S/C25H37FN2O4S/c1-24(2,3)23(29)28-25-11-4-5-19(13-25)20(10-12-25)17-33(30,31)22-8-6-21(7-9-22)32-16-18(14-26)15-27/h6-9,14,19-20H,4-5,10-13,15-17,27H2,1-3H3,(H,28,29)/b18-14-. The van der Waals surface area contributed by atoms with Gasteiger partial charge in [0.2, 0.25) is 5.91 Å². The normalized spacial score (nSPS) is 26.0. The molecular weight excluding hydrogens is 443 g/mol. The van der Waals surface area contributed by atoms with Crippen LogP contribution in [0.5, 0.6) is 5.75 Å². The van der Waals surface area contributed by atoms with Crippen molar-refractivity contribution in [1.29, 1.82) is 0 Å². The molecule has 6 nitrogen and oxygen atoms in total. The van der Waals surface area contributed by atoms with Gasteiger partial charge in [-0.15, -0.1) is 0 Å². The molecule has 2 saturated carbocycles. The van der Waals surface area contributed by atoms with Gasteiger partial charge in [0.1, 0.15) is 12.4 Å². The lowest BCUT2D eigenvalue weighted by Gasteiger charge is -2.49. The zero-order chi connectivity index (χ0) is 24.3. The highest BCUT2D eigenvalue weighted by Crippen LogP contribution is 2.47. The maximum Gasteiger partial charge on any atom is 0.225 e. The summed E-state index contributed by atoms with van der Waals surface area (Å²) < 4.78 is 44.3. The highest BCUT2D eigenvalue weighted by atomic mass is 32.2. The molecule has 184 valence electrons. The van der Waals surface area contributed by atoms with Crippen LogP contribution in [0.15, 0.2) is 41.1 Å². The van der Waals surface area contributed by atoms with Gasteiger partial charge in [0.15, 0.2) is 9.84 Å². The van der Waals surface area contributed by atoms with E-state index in [2.05, 4.69) is 5.32 Å². The van der Waals surface area contributed by atoms with Crippen molar-refractivity contribution in [1.82, 2.24) is 5.32 Å². The van der Waals surface area contributed by atoms with Crippen LogP contribution < -0.4 is 15.8 Å². The molecule has 1 aromatic carbocycles. The van der Waals surface area contributed by atoms with E-state index < -0.39 is 15.3 Å². The molecule has 1 amide bonds. The minimum Gasteiger partial charge on any atom is -0.489 e. The van der Waals surface area contributed by atoms with Crippen LogP contribution in [-0.2, 0) is 14.6 Å². The fourth-order valence-electron chi connectivity index (χ4n) is 4.99. The lowest BCUT2D eigenvalue weighted by Crippen LogP contribution is -2.57. The van der Waals surface area contributed by atoms with E-state index in [1.165, 1.54) is 0 Å². The summed E-state index contributed by atoms with van der Waals surface area (Å²) in [6, 6.07) is 6.27. The first kappa shape index (κ1) is 25.7. The van der Waals surface area contributed by atoms with E-state index in [1.807, 2.05) is 20.8 Å². The van der Waals surface area contributed by atoms with Crippen molar-refractivity contribution in [3.63, 3.8) is 0 Å². The van der Waals surface area contributed by atoms with Crippen LogP contribution in [0.4, 0.5) is 4.39 Å². The van der Waals surface area contributed by atoms with Crippen molar-refractivity contribution >= 4 is 15.7 Å². The molecule has 8 heteroatoms. The maximum atomic E-state index is 13.1. The number of amides is 1. The summed E-state index contributed by atoms with van der Waals surface area (Å²) in [6.07, 6.45) is 5.89. The van der Waals surface area contributed by atoms with Crippen LogP contribution in [0.2, 0.25) is 0 Å². The number of carbonyl (C=O) groups is 1. The fraction of sp³-hybridized carbons (Fsp3) is 0.640. The number of rotatable bonds is 8. The van der Waals surface area contributed by atoms with Gasteiger partial charge >= 0.3 is 0 Å². The largest absolute Gasteiger partial charge is 0.489 e. The second kappa shape index (κ2) is 10.1. The predicted molar refractivity (Wildman–Crippen MR) is 127 cm³/mol. The molecule has 2 bridgehead atoms. The topological polar surface area (TPSA) is 98.5 Å². The van der Waals surface area contributed by atoms with Gasteiger partial charge in [-0.2, -0.15) is 0 Å². The third-order valence-corrected chi connectivity index (χ3v) is 8.92. The molecular formula is C25H37FN2O4S. The van der Waals surface area contributed by atoms with Gasteiger partial charge in [-0.05, 0) is 68.2 Å². The Kier molecular flexibility index (Phi) is 7.89. The Bertz CT molecular complexity index is 969. The average Bonchev–Trinajstić information content (AvgIpc) is 2.76. The third-order valence-electron chi connectivity index (χ3n) is 7.06. The first-order valence-electron chi connectivity index (χ1n) is 11.7. The Morgan fingerprint density at radius 1 is 1.24 bits per heavy atom. The van der Waals surface area contributed by atoms with Gasteiger partial charge in [0, 0.05) is 23.1 Å². The van der Waals surface area contributed by atoms with Crippen molar-refractivity contribution in [3.05, 3.63) is 36.2 Å². The molecule has 0 heterocycles. The van der Waals surface area contributed by atoms with E-state index in [4.69, 9.17) is 10.5 Å². The smallest absolute Gasteiger partial charge is 0.225 e. The number of nitrogens with two attached hydrogens (primary N) is 1. The summed E-state index contributed by atoms with van der Waals surface area (Å²) in [5.41, 5.74) is 5.11. The van der Waals surface area contributed by atoms with Crippen LogP contribution in [0.3, 0.4) is 0 Å². The quantitative estimate of drug-likeness (QED) is 0.582. The fourth-order valence-corrected chi connectivity index (χ4v) is 6.74. The second-order valence-electron chi connectivity index (χ2n) is 10.7. The van der Waals surface area contributed by atoms with Gasteiger partial charge in [0.05, 0.1) is 17.0 Å². The van der Waals surface area contributed by atoms with E-state index in [1.54, 1.807) is 24.3 Å². The number of hydrogen-bond donors (Lipinski definition) is 2. The zero-order valence-corrected chi connectivity index (χ0v) is 20.7. The molecule has 1 aromatic rings. The van der Waals surface area contributed by atoms with Gasteiger partial charge in [0.25, 0.3) is 0 Å². The molecule has 2 aliphatic rings. The molecule has 3 N–H and O–H groups in total. The SMILES string of the molecule is CC(C)(C)C(=O)NC12CCCC(C1)C(CS(=O)(=O)c1ccc(OC/C(=C\F)CN)cc1)CC2. The minimum absolute atomic E-state index is 0.0242. The Morgan fingerprint density at radius 3 is 2.55 bits per heavy atom. The molecule has 2 aliphatic carbocycles. The molecule has 2 fully saturated rings. The monoisotopic (exact) mass is 480 g/mol. The van der Waals surface area contributed by atoms with Crippen molar-refractivity contribution in [2.75, 3.05) is 18.9 Å². The van der Waals surface area contributed by atoms with E-state index in [9.17, 15) is 17.6 Å². The molecule has 3 rings (SSSR count). The number of fused-ring (bicyclic) bond motifs is 2. The summed E-state index contributed by atoms with van der Waals surface area (Å²) in [6.45, 7) is 5.84. The minimum atomic E-state index is -3.45. The highest BCUT2D eigenvalue weighted by molar-refractivity contribution is 7.91. The number of nitrogens with one attached hydrogen (secondary N) is 1. The molecule has 0 radical (unpaired) electrons. The van der Waals surface area contributed by atoms with Crippen LogP contribution in [0.25, 0.3) is 0 Å². The molecule has 3 unspecified atom stereocenters. The predicted octanol–water partition coefficient (Wildman–Crippen LogP) is 4.15. The number of halogens is 1. The molecule has 0 spiro atoms. The summed E-state index contributed by atoms with van der Waals surface area (Å²) in [5.74, 6) is 1.03. The van der Waals surface area contributed by atoms with Crippen LogP contribution in [-0.4, -0.2) is 38.8 Å².